The number of hydrogen-bond acceptors (Lipinski definition) is 8. The van der Waals surface area contributed by atoms with E-state index in [2.05, 4.69) is 0 Å². The van der Waals surface area contributed by atoms with Gasteiger partial charge in [-0.2, -0.15) is 11.3 Å². The van der Waals surface area contributed by atoms with Crippen molar-refractivity contribution in [2.75, 3.05) is 19.8 Å². The Morgan fingerprint density at radius 1 is 1.36 bits per heavy atom. The summed E-state index contributed by atoms with van der Waals surface area (Å²) in [7, 11) is 0. The highest BCUT2D eigenvalue weighted by atomic mass is 32.1. The Morgan fingerprint density at radius 2 is 2.05 bits per heavy atom. The molecule has 2 aliphatic heterocycles. The summed E-state index contributed by atoms with van der Waals surface area (Å²) in [5.41, 5.74) is 0.782. The van der Waals surface area contributed by atoms with Gasteiger partial charge in [-0.05, 0) is 6.92 Å². The van der Waals surface area contributed by atoms with Crippen LogP contribution in [0.15, 0.2) is 10.8 Å². The maximum atomic E-state index is 12.3. The second kappa shape index (κ2) is 6.13. The first-order chi connectivity index (χ1) is 10.6. The first kappa shape index (κ1) is 15.1. The van der Waals surface area contributed by atoms with Gasteiger partial charge in [0.15, 0.2) is 6.23 Å². The largest absolute Gasteiger partial charge is 0.465 e. The van der Waals surface area contributed by atoms with E-state index in [1.54, 1.807) is 17.7 Å². The van der Waals surface area contributed by atoms with Crippen molar-refractivity contribution in [3.63, 3.8) is 0 Å². The number of imide groups is 1. The molecule has 1 aromatic heterocycles. The highest BCUT2D eigenvalue weighted by Crippen LogP contribution is 2.30. The van der Waals surface area contributed by atoms with E-state index in [1.165, 1.54) is 11.3 Å². The second-order valence-electron chi connectivity index (χ2n) is 4.66. The third-order valence-electron chi connectivity index (χ3n) is 3.25. The predicted molar refractivity (Wildman–Crippen MR) is 73.6 cm³/mol. The van der Waals surface area contributed by atoms with Gasteiger partial charge in [-0.3, -0.25) is 19.2 Å². The van der Waals surface area contributed by atoms with Gasteiger partial charge in [-0.15, -0.1) is 0 Å². The number of ether oxygens (including phenoxy) is 1. The van der Waals surface area contributed by atoms with Crippen molar-refractivity contribution in [1.82, 2.24) is 10.1 Å². The van der Waals surface area contributed by atoms with Crippen molar-refractivity contribution < 1.29 is 28.8 Å². The number of thiophene rings is 1. The molecule has 0 N–H and O–H groups in total. The number of amides is 2. The molecular weight excluding hydrogens is 312 g/mol. The monoisotopic (exact) mass is 326 g/mol. The number of rotatable bonds is 4. The summed E-state index contributed by atoms with van der Waals surface area (Å²) in [5.74, 6) is -1.28. The van der Waals surface area contributed by atoms with Crippen LogP contribution in [0.4, 0.5) is 0 Å². The molecule has 3 heterocycles. The lowest BCUT2D eigenvalue weighted by Crippen LogP contribution is -2.50. The van der Waals surface area contributed by atoms with Crippen molar-refractivity contribution >= 4 is 29.1 Å². The van der Waals surface area contributed by atoms with Crippen LogP contribution >= 0.6 is 11.3 Å². The average molecular weight is 326 g/mol. The minimum Gasteiger partial charge on any atom is -0.465 e. The Morgan fingerprint density at radius 3 is 2.68 bits per heavy atom. The van der Waals surface area contributed by atoms with Crippen LogP contribution in [-0.2, 0) is 19.2 Å². The molecule has 1 atom stereocenters. The van der Waals surface area contributed by atoms with E-state index in [1.807, 2.05) is 0 Å². The van der Waals surface area contributed by atoms with Crippen LogP contribution in [0.5, 0.6) is 0 Å². The molecule has 2 aliphatic rings. The van der Waals surface area contributed by atoms with Crippen LogP contribution in [0.1, 0.15) is 34.1 Å². The summed E-state index contributed by atoms with van der Waals surface area (Å²) in [6.07, 6.45) is -0.453. The van der Waals surface area contributed by atoms with E-state index < -0.39 is 12.2 Å². The second-order valence-corrected chi connectivity index (χ2v) is 5.40. The summed E-state index contributed by atoms with van der Waals surface area (Å²) in [6, 6.07) is 0. The molecule has 1 saturated heterocycles. The van der Waals surface area contributed by atoms with Gasteiger partial charge in [0, 0.05) is 17.2 Å². The number of carbonyl (C=O) groups is 3. The fourth-order valence-corrected chi connectivity index (χ4v) is 3.08. The number of esters is 1. The summed E-state index contributed by atoms with van der Waals surface area (Å²) in [5, 5.41) is 4.24. The molecule has 0 spiro atoms. The normalized spacial score (nSPS) is 22.0. The SMILES string of the molecule is CCOC(=O)CN1OCCC(N2C(=O)c3cscc3C2=O)O1. The molecule has 0 aromatic carbocycles. The van der Waals surface area contributed by atoms with Gasteiger partial charge in [0.1, 0.15) is 6.54 Å². The van der Waals surface area contributed by atoms with Crippen molar-refractivity contribution in [3.05, 3.63) is 21.9 Å². The Balaban J connectivity index is 1.68. The molecule has 0 radical (unpaired) electrons. The highest BCUT2D eigenvalue weighted by Gasteiger charge is 2.43. The highest BCUT2D eigenvalue weighted by molar-refractivity contribution is 7.08. The Kier molecular flexibility index (Phi) is 4.21. The van der Waals surface area contributed by atoms with Crippen LogP contribution in [0, 0.1) is 0 Å². The van der Waals surface area contributed by atoms with E-state index in [0.717, 1.165) is 10.1 Å². The van der Waals surface area contributed by atoms with Crippen molar-refractivity contribution in [2.24, 2.45) is 0 Å². The van der Waals surface area contributed by atoms with Crippen molar-refractivity contribution in [1.29, 1.82) is 0 Å². The molecule has 9 heteroatoms. The molecule has 1 unspecified atom stereocenters. The molecule has 1 fully saturated rings. The first-order valence-corrected chi connectivity index (χ1v) is 7.73. The van der Waals surface area contributed by atoms with E-state index in [0.29, 0.717) is 17.5 Å². The lowest BCUT2D eigenvalue weighted by Gasteiger charge is -2.34. The van der Waals surface area contributed by atoms with E-state index >= 15 is 0 Å². The zero-order chi connectivity index (χ0) is 15.7. The van der Waals surface area contributed by atoms with Gasteiger partial charge in [0.05, 0.1) is 24.3 Å². The smallest absolute Gasteiger partial charge is 0.325 e. The topological polar surface area (TPSA) is 85.4 Å². The maximum Gasteiger partial charge on any atom is 0.325 e. The molecular formula is C13H14N2O6S. The minimum atomic E-state index is -0.791. The molecule has 22 heavy (non-hydrogen) atoms. The number of nitrogens with zero attached hydrogens (tertiary/aromatic N) is 2. The van der Waals surface area contributed by atoms with Crippen LogP contribution in [0.3, 0.4) is 0 Å². The molecule has 0 aliphatic carbocycles. The van der Waals surface area contributed by atoms with Gasteiger partial charge < -0.3 is 4.74 Å². The molecule has 118 valence electrons. The van der Waals surface area contributed by atoms with E-state index in [4.69, 9.17) is 14.4 Å². The summed E-state index contributed by atoms with van der Waals surface area (Å²) >= 11 is 1.31. The van der Waals surface area contributed by atoms with E-state index in [-0.39, 0.29) is 31.6 Å². The van der Waals surface area contributed by atoms with Crippen LogP contribution in [0.2, 0.25) is 0 Å². The number of fused-ring (bicyclic) bond motifs is 1. The summed E-state index contributed by atoms with van der Waals surface area (Å²) in [6.45, 7) is 1.94. The molecule has 2 amide bonds. The fraction of sp³-hybridized carbons (Fsp3) is 0.462. The van der Waals surface area contributed by atoms with Gasteiger partial charge in [-0.1, -0.05) is 5.23 Å². The number of hydroxylamine groups is 2. The zero-order valence-electron chi connectivity index (χ0n) is 11.8. The lowest BCUT2D eigenvalue weighted by molar-refractivity contribution is -0.420. The third kappa shape index (κ3) is 2.63. The third-order valence-corrected chi connectivity index (χ3v) is 3.99. The minimum absolute atomic E-state index is 0.230. The molecule has 3 rings (SSSR count). The zero-order valence-corrected chi connectivity index (χ0v) is 12.6. The average Bonchev–Trinajstić information content (AvgIpc) is 3.04. The Labute approximate surface area is 130 Å². The molecule has 0 saturated carbocycles. The summed E-state index contributed by atoms with van der Waals surface area (Å²) < 4.78 is 4.80. The molecule has 1 aromatic rings. The number of carbonyl (C=O) groups excluding carboxylic acids is 3. The Bertz CT molecular complexity index is 585. The predicted octanol–water partition coefficient (Wildman–Crippen LogP) is 0.802. The van der Waals surface area contributed by atoms with Gasteiger partial charge in [0.25, 0.3) is 11.8 Å². The van der Waals surface area contributed by atoms with Crippen LogP contribution in [-0.4, -0.2) is 53.9 Å². The quantitative estimate of drug-likeness (QED) is 0.597. The first-order valence-electron chi connectivity index (χ1n) is 6.78. The maximum absolute atomic E-state index is 12.3. The van der Waals surface area contributed by atoms with Gasteiger partial charge in [0.2, 0.25) is 0 Å². The van der Waals surface area contributed by atoms with Gasteiger partial charge in [-0.25, -0.2) is 9.74 Å². The number of hydrogen-bond donors (Lipinski definition) is 0. The standard InChI is InChI=1S/C13H14N2O6S/c1-2-19-11(16)5-14-20-4-3-10(21-14)15-12(17)8-6-22-7-9(8)13(15)18/h6-7,10H,2-5H2,1H3. The van der Waals surface area contributed by atoms with Gasteiger partial charge >= 0.3 is 5.97 Å². The Hall–Kier alpha value is -1.81. The van der Waals surface area contributed by atoms with Crippen molar-refractivity contribution in [2.45, 2.75) is 19.6 Å². The van der Waals surface area contributed by atoms with Crippen LogP contribution < -0.4 is 0 Å². The summed E-state index contributed by atoms with van der Waals surface area (Å²) in [4.78, 5) is 47.7. The molecule has 8 nitrogen and oxygen atoms in total. The fourth-order valence-electron chi connectivity index (χ4n) is 2.29. The van der Waals surface area contributed by atoms with Crippen LogP contribution in [0.25, 0.3) is 0 Å². The van der Waals surface area contributed by atoms with Crippen molar-refractivity contribution in [3.8, 4) is 0 Å². The lowest BCUT2D eigenvalue weighted by atomic mass is 10.2. The van der Waals surface area contributed by atoms with E-state index in [9.17, 15) is 14.4 Å². The molecule has 0 bridgehead atoms.